The van der Waals surface area contributed by atoms with Gasteiger partial charge in [0.1, 0.15) is 0 Å². The molecule has 3 aromatic heterocycles. The summed E-state index contributed by atoms with van der Waals surface area (Å²) in [7, 11) is -5.68. The van der Waals surface area contributed by atoms with Gasteiger partial charge in [0.05, 0.1) is 44.5 Å². The van der Waals surface area contributed by atoms with Gasteiger partial charge in [0.15, 0.2) is 16.1 Å². The van der Waals surface area contributed by atoms with E-state index in [4.69, 9.17) is 0 Å². The highest BCUT2D eigenvalue weighted by Crippen LogP contribution is 2.43. The SMILES string of the molecule is c1ccc([Si](c2ccccc2)(c2ccccc2)c2cccc(-n3c4ccccc4c4c(-n5c6ccccc6c6cccc(-n7c8ccccc8c8cc([Si](c9ccccc9)(c9ccccc9)c9ccccc9)ccc87)c65)cccc43)c2)cc1. The van der Waals surface area contributed by atoms with Crippen LogP contribution in [0.1, 0.15) is 0 Å². The summed E-state index contributed by atoms with van der Waals surface area (Å²) in [5, 5.41) is 18.1. The van der Waals surface area contributed by atoms with Crippen LogP contribution in [0.25, 0.3) is 82.5 Å². The third kappa shape index (κ3) is 7.35. The number of para-hydroxylation sites is 4. The van der Waals surface area contributed by atoms with Crippen molar-refractivity contribution in [1.29, 1.82) is 0 Å². The minimum Gasteiger partial charge on any atom is -0.309 e. The third-order valence-electron chi connectivity index (χ3n) is 17.7. The molecule has 5 heteroatoms. The molecule has 390 valence electrons. The minimum atomic E-state index is -2.84. The highest BCUT2D eigenvalue weighted by molar-refractivity contribution is 7.20. The van der Waals surface area contributed by atoms with E-state index in [0.29, 0.717) is 0 Å². The fourth-order valence-electron chi connectivity index (χ4n) is 14.4. The van der Waals surface area contributed by atoms with Crippen LogP contribution in [0.2, 0.25) is 0 Å². The number of rotatable bonds is 11. The van der Waals surface area contributed by atoms with Crippen LogP contribution in [0, 0.1) is 0 Å². The van der Waals surface area contributed by atoms with Gasteiger partial charge in [-0.3, -0.25) is 0 Å². The number of benzene rings is 13. The topological polar surface area (TPSA) is 14.8 Å². The number of hydrogen-bond donors (Lipinski definition) is 0. The fraction of sp³-hybridized carbons (Fsp3) is 0. The van der Waals surface area contributed by atoms with E-state index in [1.165, 1.54) is 90.4 Å². The average molecular weight is 1090 g/mol. The van der Waals surface area contributed by atoms with Gasteiger partial charge in [-0.05, 0) is 96.1 Å². The summed E-state index contributed by atoms with van der Waals surface area (Å²) >= 11 is 0. The molecule has 0 unspecified atom stereocenters. The van der Waals surface area contributed by atoms with Gasteiger partial charge in [0.2, 0.25) is 0 Å². The molecular weight excluding hydrogens is 1040 g/mol. The highest BCUT2D eigenvalue weighted by Gasteiger charge is 2.43. The van der Waals surface area contributed by atoms with Crippen molar-refractivity contribution in [1.82, 2.24) is 13.7 Å². The zero-order valence-electron chi connectivity index (χ0n) is 45.6. The van der Waals surface area contributed by atoms with Gasteiger partial charge in [-0.2, -0.15) is 0 Å². The first kappa shape index (κ1) is 48.6. The molecule has 0 saturated carbocycles. The number of nitrogens with zero attached hydrogens (tertiary/aromatic N) is 3. The van der Waals surface area contributed by atoms with E-state index in [1.807, 2.05) is 0 Å². The smallest absolute Gasteiger partial charge is 0.179 e. The van der Waals surface area contributed by atoms with Gasteiger partial charge < -0.3 is 13.7 Å². The monoisotopic (exact) mass is 1090 g/mol. The third-order valence-corrected chi connectivity index (χ3v) is 27.3. The van der Waals surface area contributed by atoms with Crippen molar-refractivity contribution in [3.05, 3.63) is 334 Å². The lowest BCUT2D eigenvalue weighted by molar-refractivity contribution is 1.14. The first-order valence-corrected chi connectivity index (χ1v) is 32.8. The normalized spacial score (nSPS) is 12.1. The number of hydrogen-bond acceptors (Lipinski definition) is 0. The van der Waals surface area contributed by atoms with Gasteiger partial charge in [-0.1, -0.05) is 279 Å². The molecule has 0 aliphatic heterocycles. The van der Waals surface area contributed by atoms with Crippen LogP contribution in [-0.4, -0.2) is 29.8 Å². The molecule has 16 aromatic rings. The lowest BCUT2D eigenvalue weighted by Crippen LogP contribution is -2.74. The Morgan fingerprint density at radius 3 is 1.06 bits per heavy atom. The van der Waals surface area contributed by atoms with Crippen LogP contribution in [0.5, 0.6) is 0 Å². The van der Waals surface area contributed by atoms with E-state index in [2.05, 4.69) is 347 Å². The quantitative estimate of drug-likeness (QED) is 0.0906. The van der Waals surface area contributed by atoms with Crippen LogP contribution in [0.3, 0.4) is 0 Å². The van der Waals surface area contributed by atoms with E-state index in [0.717, 1.165) is 33.6 Å². The van der Waals surface area contributed by atoms with Crippen molar-refractivity contribution in [2.24, 2.45) is 0 Å². The average Bonchev–Trinajstić information content (AvgIpc) is 4.39. The second-order valence-corrected chi connectivity index (χ2v) is 29.5. The first-order valence-electron chi connectivity index (χ1n) is 28.8. The molecule has 83 heavy (non-hydrogen) atoms. The predicted molar refractivity (Wildman–Crippen MR) is 357 cm³/mol. The summed E-state index contributed by atoms with van der Waals surface area (Å²) < 4.78 is 7.63. The number of fused-ring (bicyclic) bond motifs is 9. The Morgan fingerprint density at radius 1 is 0.193 bits per heavy atom. The Morgan fingerprint density at radius 2 is 0.542 bits per heavy atom. The molecule has 0 spiro atoms. The summed E-state index contributed by atoms with van der Waals surface area (Å²) in [5.41, 5.74) is 10.4. The van der Waals surface area contributed by atoms with Gasteiger partial charge in [0, 0.05) is 38.0 Å². The van der Waals surface area contributed by atoms with Crippen molar-refractivity contribution in [2.45, 2.75) is 0 Å². The molecule has 0 atom stereocenters. The van der Waals surface area contributed by atoms with Gasteiger partial charge >= 0.3 is 0 Å². The van der Waals surface area contributed by atoms with Crippen molar-refractivity contribution >= 4 is 123 Å². The molecule has 13 aromatic carbocycles. The summed E-state index contributed by atoms with van der Waals surface area (Å²) in [6.07, 6.45) is 0. The van der Waals surface area contributed by atoms with Crippen molar-refractivity contribution < 1.29 is 0 Å². The van der Waals surface area contributed by atoms with Crippen LogP contribution < -0.4 is 41.5 Å². The molecule has 0 N–H and O–H groups in total. The molecule has 0 bridgehead atoms. The first-order chi connectivity index (χ1) is 41.2. The maximum atomic E-state index is 2.57. The molecule has 0 radical (unpaired) electrons. The minimum absolute atomic E-state index is 1.13. The van der Waals surface area contributed by atoms with Crippen LogP contribution in [0.4, 0.5) is 0 Å². The number of aromatic nitrogens is 3. The van der Waals surface area contributed by atoms with Crippen LogP contribution in [-0.2, 0) is 0 Å². The maximum Gasteiger partial charge on any atom is 0.179 e. The molecule has 0 aliphatic carbocycles. The highest BCUT2D eigenvalue weighted by atomic mass is 28.3. The van der Waals surface area contributed by atoms with E-state index >= 15 is 0 Å². The Bertz CT molecular complexity index is 4880. The zero-order chi connectivity index (χ0) is 54.9. The van der Waals surface area contributed by atoms with E-state index in [9.17, 15) is 0 Å². The molecule has 0 saturated heterocycles. The van der Waals surface area contributed by atoms with Crippen LogP contribution >= 0.6 is 0 Å². The van der Waals surface area contributed by atoms with Crippen LogP contribution in [0.15, 0.2) is 334 Å². The summed E-state index contributed by atoms with van der Waals surface area (Å²) in [4.78, 5) is 0. The summed E-state index contributed by atoms with van der Waals surface area (Å²) in [5.74, 6) is 0. The molecule has 16 rings (SSSR count). The Balaban J connectivity index is 0.947. The fourth-order valence-corrected chi connectivity index (χ4v) is 23.9. The lowest BCUT2D eigenvalue weighted by Gasteiger charge is -2.34. The molecule has 3 heterocycles. The largest absolute Gasteiger partial charge is 0.309 e. The van der Waals surface area contributed by atoms with Crippen molar-refractivity contribution in [2.75, 3.05) is 0 Å². The van der Waals surface area contributed by atoms with Gasteiger partial charge in [-0.25, -0.2) is 0 Å². The second-order valence-electron chi connectivity index (χ2n) is 21.9. The van der Waals surface area contributed by atoms with Gasteiger partial charge in [-0.15, -0.1) is 0 Å². The van der Waals surface area contributed by atoms with Crippen molar-refractivity contribution in [3.8, 4) is 17.1 Å². The molecule has 0 amide bonds. The second kappa shape index (κ2) is 19.7. The van der Waals surface area contributed by atoms with E-state index in [-0.39, 0.29) is 0 Å². The predicted octanol–water partition coefficient (Wildman–Crippen LogP) is 13.7. The molecule has 0 fully saturated rings. The van der Waals surface area contributed by atoms with Gasteiger partial charge in [0.25, 0.3) is 0 Å². The molecule has 0 aliphatic rings. The Labute approximate surface area is 484 Å². The summed E-state index contributed by atoms with van der Waals surface area (Å²) in [6, 6.07) is 125. The summed E-state index contributed by atoms with van der Waals surface area (Å²) in [6.45, 7) is 0. The zero-order valence-corrected chi connectivity index (χ0v) is 47.6. The molecule has 3 nitrogen and oxygen atoms in total. The standard InChI is InChI=1S/C78H55N3Si2/c1-7-29-57(30-8-1)82(58-31-9-2-10-32-58,59-33-11-3-12-34-59)63-41-25-28-56(54-63)79-72-48-24-21-44-68(72)77-74(79)49-27-50-75(77)81-71-47-23-19-42-65(71)67-45-26-51-76(78(67)81)80-70-46-22-20-43-66(70)69-55-64(52-53-73(69)80)83(60-35-13-4-14-36-60,61-37-15-5-16-38-61)62-39-17-6-18-40-62/h1-55H. The Hall–Kier alpha value is -10.3. The Kier molecular flexibility index (Phi) is 11.6. The van der Waals surface area contributed by atoms with E-state index in [1.54, 1.807) is 0 Å². The van der Waals surface area contributed by atoms with E-state index < -0.39 is 16.1 Å². The maximum absolute atomic E-state index is 2.84. The molecular formula is C78H55N3Si2. The lowest BCUT2D eigenvalue weighted by atomic mass is 10.1. The van der Waals surface area contributed by atoms with Crippen molar-refractivity contribution in [3.63, 3.8) is 0 Å².